The average Bonchev–Trinajstić information content (AvgIpc) is 3.27. The van der Waals surface area contributed by atoms with Gasteiger partial charge in [0.05, 0.1) is 0 Å². The number of anilines is 1. The Balaban J connectivity index is 1.58. The number of carbonyl (C=O) groups is 1. The molecule has 1 heterocycles. The highest BCUT2D eigenvalue weighted by Gasteiger charge is 2.23. The van der Waals surface area contributed by atoms with Crippen LogP contribution in [0.15, 0.2) is 83.6 Å². The van der Waals surface area contributed by atoms with Crippen LogP contribution in [0, 0.1) is 0 Å². The van der Waals surface area contributed by atoms with Crippen LogP contribution in [0.2, 0.25) is 10.0 Å². The number of ether oxygens (including phenoxy) is 1. The Kier molecular flexibility index (Phi) is 5.97. The highest BCUT2D eigenvalue weighted by molar-refractivity contribution is 6.35. The van der Waals surface area contributed by atoms with Crippen LogP contribution in [0.5, 0.6) is 5.75 Å². The van der Waals surface area contributed by atoms with E-state index < -0.39 is 6.10 Å². The first-order chi connectivity index (χ1) is 14.6. The van der Waals surface area contributed by atoms with Gasteiger partial charge in [-0.15, -0.1) is 10.2 Å². The third-order valence-corrected chi connectivity index (χ3v) is 4.62. The van der Waals surface area contributed by atoms with Crippen LogP contribution in [-0.2, 0) is 4.79 Å². The van der Waals surface area contributed by atoms with Crippen LogP contribution in [0.25, 0.3) is 11.5 Å². The zero-order valence-corrected chi connectivity index (χ0v) is 17.0. The van der Waals surface area contributed by atoms with Gasteiger partial charge < -0.3 is 14.5 Å². The van der Waals surface area contributed by atoms with Gasteiger partial charge in [0.15, 0.2) is 0 Å². The lowest BCUT2D eigenvalue weighted by Gasteiger charge is -2.19. The third-order valence-electron chi connectivity index (χ3n) is 4.19. The zero-order valence-electron chi connectivity index (χ0n) is 15.5. The lowest BCUT2D eigenvalue weighted by Crippen LogP contribution is -2.25. The van der Waals surface area contributed by atoms with Crippen molar-refractivity contribution in [2.24, 2.45) is 0 Å². The first-order valence-electron chi connectivity index (χ1n) is 8.93. The summed E-state index contributed by atoms with van der Waals surface area (Å²) in [7, 11) is 0. The van der Waals surface area contributed by atoms with Crippen molar-refractivity contribution in [2.45, 2.75) is 6.10 Å². The van der Waals surface area contributed by atoms with Gasteiger partial charge in [0.1, 0.15) is 5.75 Å². The lowest BCUT2D eigenvalue weighted by molar-refractivity contribution is -0.123. The molecular formula is C22H15Cl2N3O3. The summed E-state index contributed by atoms with van der Waals surface area (Å²) in [6.07, 6.45) is 0.371. The minimum absolute atomic E-state index is 0.361. The van der Waals surface area contributed by atoms with E-state index in [2.05, 4.69) is 15.5 Å². The van der Waals surface area contributed by atoms with Crippen LogP contribution in [0.3, 0.4) is 0 Å². The van der Waals surface area contributed by atoms with Crippen LogP contribution in [0.4, 0.5) is 5.69 Å². The summed E-state index contributed by atoms with van der Waals surface area (Å²) in [4.78, 5) is 13.0. The zero-order chi connectivity index (χ0) is 20.9. The fraction of sp³-hybridized carbons (Fsp3) is 0.0455. The van der Waals surface area contributed by atoms with Crippen molar-refractivity contribution in [1.82, 2.24) is 10.2 Å². The minimum Gasteiger partial charge on any atom is -0.476 e. The second-order valence-corrected chi connectivity index (χ2v) is 7.20. The predicted molar refractivity (Wildman–Crippen MR) is 115 cm³/mol. The molecule has 0 saturated heterocycles. The molecule has 0 spiro atoms. The van der Waals surface area contributed by atoms with Crippen molar-refractivity contribution in [3.63, 3.8) is 0 Å². The predicted octanol–water partition coefficient (Wildman–Crippen LogP) is 5.80. The number of benzene rings is 3. The molecule has 0 bridgehead atoms. The number of halogens is 2. The molecule has 1 amide bonds. The molecule has 8 heteroatoms. The Morgan fingerprint density at radius 2 is 1.67 bits per heavy atom. The first kappa shape index (κ1) is 19.9. The number of nitrogens with one attached hydrogen (secondary N) is 1. The van der Waals surface area contributed by atoms with Crippen molar-refractivity contribution >= 4 is 34.8 Å². The summed E-state index contributed by atoms with van der Waals surface area (Å²) < 4.78 is 11.2. The fourth-order valence-corrected chi connectivity index (χ4v) is 3.37. The smallest absolute Gasteiger partial charge is 0.270 e. The minimum atomic E-state index is -0.891. The molecule has 4 aromatic rings. The third kappa shape index (κ3) is 4.79. The Morgan fingerprint density at radius 1 is 0.967 bits per heavy atom. The van der Waals surface area contributed by atoms with Crippen molar-refractivity contribution in [3.8, 4) is 17.2 Å². The summed E-state index contributed by atoms with van der Waals surface area (Å²) in [5.74, 6) is 0.545. The fourth-order valence-electron chi connectivity index (χ4n) is 2.85. The number of hydrogen-bond donors (Lipinski definition) is 1. The Labute approximate surface area is 182 Å². The second-order valence-electron chi connectivity index (χ2n) is 6.32. The summed E-state index contributed by atoms with van der Waals surface area (Å²) in [5, 5.41) is 11.2. The van der Waals surface area contributed by atoms with E-state index >= 15 is 0 Å². The van der Waals surface area contributed by atoms with Crippen molar-refractivity contribution in [2.75, 3.05) is 5.32 Å². The SMILES string of the molecule is O=C(Nc1cc(Cl)cc(Cl)c1)[C@@H](Oc1ccc(-c2nnco2)cc1)c1ccccc1. The van der Waals surface area contributed by atoms with Crippen LogP contribution in [-0.4, -0.2) is 16.1 Å². The van der Waals surface area contributed by atoms with E-state index in [9.17, 15) is 4.79 Å². The number of aromatic nitrogens is 2. The maximum atomic E-state index is 13.0. The molecule has 0 aliphatic rings. The molecule has 0 fully saturated rings. The largest absolute Gasteiger partial charge is 0.476 e. The Bertz CT molecular complexity index is 1110. The van der Waals surface area contributed by atoms with Gasteiger partial charge in [-0.25, -0.2) is 0 Å². The van der Waals surface area contributed by atoms with Gasteiger partial charge in [-0.05, 0) is 42.5 Å². The molecule has 150 valence electrons. The summed E-state index contributed by atoms with van der Waals surface area (Å²) >= 11 is 12.1. The molecule has 1 atom stereocenters. The standard InChI is InChI=1S/C22H15Cl2N3O3/c23-16-10-17(24)12-18(11-16)26-21(28)20(14-4-2-1-3-5-14)30-19-8-6-15(7-9-19)22-27-25-13-29-22/h1-13,20H,(H,26,28)/t20-/m0/s1. The van der Waals surface area contributed by atoms with Gasteiger partial charge in [-0.1, -0.05) is 53.5 Å². The highest BCUT2D eigenvalue weighted by atomic mass is 35.5. The lowest BCUT2D eigenvalue weighted by atomic mass is 10.1. The maximum absolute atomic E-state index is 13.0. The molecule has 3 aromatic carbocycles. The molecule has 1 N–H and O–H groups in total. The number of carbonyl (C=O) groups excluding carboxylic acids is 1. The van der Waals surface area contributed by atoms with Gasteiger partial charge >= 0.3 is 0 Å². The number of hydrogen-bond acceptors (Lipinski definition) is 5. The van der Waals surface area contributed by atoms with E-state index in [1.807, 2.05) is 30.3 Å². The number of amides is 1. The molecule has 6 nitrogen and oxygen atoms in total. The van der Waals surface area contributed by atoms with E-state index in [4.69, 9.17) is 32.4 Å². The molecule has 30 heavy (non-hydrogen) atoms. The highest BCUT2D eigenvalue weighted by Crippen LogP contribution is 2.28. The van der Waals surface area contributed by atoms with Crippen molar-refractivity contribution in [1.29, 1.82) is 0 Å². The Hall–Kier alpha value is -3.35. The van der Waals surface area contributed by atoms with Crippen LogP contribution >= 0.6 is 23.2 Å². The average molecular weight is 440 g/mol. The molecule has 0 aliphatic heterocycles. The Morgan fingerprint density at radius 3 is 2.30 bits per heavy atom. The maximum Gasteiger partial charge on any atom is 0.270 e. The van der Waals surface area contributed by atoms with E-state index in [1.165, 1.54) is 6.39 Å². The quantitative estimate of drug-likeness (QED) is 0.410. The van der Waals surface area contributed by atoms with E-state index in [0.29, 0.717) is 32.9 Å². The monoisotopic (exact) mass is 439 g/mol. The molecule has 0 unspecified atom stereocenters. The number of nitrogens with zero attached hydrogens (tertiary/aromatic N) is 2. The van der Waals surface area contributed by atoms with Crippen molar-refractivity contribution < 1.29 is 13.9 Å². The van der Waals surface area contributed by atoms with Gasteiger partial charge in [-0.3, -0.25) is 4.79 Å². The van der Waals surface area contributed by atoms with Crippen LogP contribution < -0.4 is 10.1 Å². The first-order valence-corrected chi connectivity index (χ1v) is 9.69. The second kappa shape index (κ2) is 8.98. The summed E-state index contributed by atoms with van der Waals surface area (Å²) in [6.45, 7) is 0. The molecule has 0 aliphatic carbocycles. The molecule has 0 radical (unpaired) electrons. The summed E-state index contributed by atoms with van der Waals surface area (Å²) in [6, 6.07) is 21.0. The normalized spacial score (nSPS) is 11.7. The van der Waals surface area contributed by atoms with Crippen LogP contribution in [0.1, 0.15) is 11.7 Å². The molecule has 0 saturated carbocycles. The van der Waals surface area contributed by atoms with E-state index in [1.54, 1.807) is 42.5 Å². The van der Waals surface area contributed by atoms with Gasteiger partial charge in [0.25, 0.3) is 5.91 Å². The summed E-state index contributed by atoms with van der Waals surface area (Å²) in [5.41, 5.74) is 1.92. The molecular weight excluding hydrogens is 425 g/mol. The van der Waals surface area contributed by atoms with Gasteiger partial charge in [-0.2, -0.15) is 0 Å². The van der Waals surface area contributed by atoms with E-state index in [-0.39, 0.29) is 5.91 Å². The number of rotatable bonds is 6. The van der Waals surface area contributed by atoms with E-state index in [0.717, 1.165) is 5.56 Å². The topological polar surface area (TPSA) is 77.2 Å². The van der Waals surface area contributed by atoms with Gasteiger partial charge in [0.2, 0.25) is 18.4 Å². The molecule has 1 aromatic heterocycles. The van der Waals surface area contributed by atoms with Crippen molar-refractivity contribution in [3.05, 3.63) is 94.8 Å². The molecule has 4 rings (SSSR count). The van der Waals surface area contributed by atoms with Gasteiger partial charge in [0, 0.05) is 26.9 Å².